The molecular weight excluding hydrogens is 384 g/mol. The molecule has 2 amide bonds. The SMILES string of the molecule is CN(C)C(=O)Sc1ccccc1NC(=O)c1cccc(OCc2ccccc2)c1. The number of rotatable bonds is 6. The molecule has 5 nitrogen and oxygen atoms in total. The fourth-order valence-corrected chi connectivity index (χ4v) is 3.25. The maximum absolute atomic E-state index is 12.7. The van der Waals surface area contributed by atoms with Crippen LogP contribution in [0.4, 0.5) is 10.5 Å². The van der Waals surface area contributed by atoms with Crippen molar-refractivity contribution in [2.45, 2.75) is 11.5 Å². The minimum Gasteiger partial charge on any atom is -0.489 e. The monoisotopic (exact) mass is 406 g/mol. The number of anilines is 1. The first-order chi connectivity index (χ1) is 14.0. The minimum atomic E-state index is -0.263. The van der Waals surface area contributed by atoms with Crippen molar-refractivity contribution in [3.8, 4) is 5.75 Å². The molecule has 0 spiro atoms. The van der Waals surface area contributed by atoms with E-state index in [-0.39, 0.29) is 11.1 Å². The van der Waals surface area contributed by atoms with Crippen LogP contribution in [0.2, 0.25) is 0 Å². The Balaban J connectivity index is 1.69. The van der Waals surface area contributed by atoms with Gasteiger partial charge < -0.3 is 15.0 Å². The summed E-state index contributed by atoms with van der Waals surface area (Å²) in [6.07, 6.45) is 0. The van der Waals surface area contributed by atoms with E-state index in [1.807, 2.05) is 48.5 Å². The van der Waals surface area contributed by atoms with Gasteiger partial charge in [-0.3, -0.25) is 9.59 Å². The average molecular weight is 407 g/mol. The highest BCUT2D eigenvalue weighted by Crippen LogP contribution is 2.29. The molecule has 0 aliphatic carbocycles. The zero-order chi connectivity index (χ0) is 20.6. The van der Waals surface area contributed by atoms with Crippen LogP contribution < -0.4 is 10.1 Å². The molecule has 0 atom stereocenters. The fraction of sp³-hybridized carbons (Fsp3) is 0.130. The quantitative estimate of drug-likeness (QED) is 0.565. The third-order valence-corrected chi connectivity index (χ3v) is 5.16. The van der Waals surface area contributed by atoms with Crippen LogP contribution in [0.3, 0.4) is 0 Å². The Morgan fingerprint density at radius 1 is 0.931 bits per heavy atom. The van der Waals surface area contributed by atoms with Gasteiger partial charge in [-0.25, -0.2) is 0 Å². The molecule has 0 aromatic heterocycles. The molecule has 3 rings (SSSR count). The van der Waals surface area contributed by atoms with Gasteiger partial charge in [0.15, 0.2) is 0 Å². The predicted molar refractivity (Wildman–Crippen MR) is 117 cm³/mol. The van der Waals surface area contributed by atoms with Crippen LogP contribution in [0, 0.1) is 0 Å². The molecule has 29 heavy (non-hydrogen) atoms. The van der Waals surface area contributed by atoms with Crippen molar-refractivity contribution in [2.75, 3.05) is 19.4 Å². The lowest BCUT2D eigenvalue weighted by Crippen LogP contribution is -2.17. The second-order valence-electron chi connectivity index (χ2n) is 6.51. The Labute approximate surface area is 174 Å². The number of amides is 2. The van der Waals surface area contributed by atoms with E-state index in [1.54, 1.807) is 44.4 Å². The third kappa shape index (κ3) is 5.86. The highest BCUT2D eigenvalue weighted by molar-refractivity contribution is 8.13. The van der Waals surface area contributed by atoms with E-state index in [0.717, 1.165) is 17.3 Å². The molecular formula is C23H22N2O3S. The number of thioether (sulfide) groups is 1. The van der Waals surface area contributed by atoms with Crippen LogP contribution >= 0.6 is 11.8 Å². The summed E-state index contributed by atoms with van der Waals surface area (Å²) in [5.74, 6) is 0.354. The lowest BCUT2D eigenvalue weighted by Gasteiger charge is -2.13. The highest BCUT2D eigenvalue weighted by atomic mass is 32.2. The molecule has 6 heteroatoms. The Morgan fingerprint density at radius 2 is 1.66 bits per heavy atom. The minimum absolute atomic E-state index is 0.108. The summed E-state index contributed by atoms with van der Waals surface area (Å²) in [7, 11) is 3.38. The van der Waals surface area contributed by atoms with Crippen molar-refractivity contribution >= 4 is 28.6 Å². The van der Waals surface area contributed by atoms with Crippen LogP contribution in [-0.4, -0.2) is 30.1 Å². The summed E-state index contributed by atoms with van der Waals surface area (Å²) in [5, 5.41) is 2.78. The molecule has 3 aromatic carbocycles. The average Bonchev–Trinajstić information content (AvgIpc) is 2.74. The van der Waals surface area contributed by atoms with Gasteiger partial charge in [-0.2, -0.15) is 0 Å². The summed E-state index contributed by atoms with van der Waals surface area (Å²) < 4.78 is 5.80. The molecule has 1 N–H and O–H groups in total. The van der Waals surface area contributed by atoms with E-state index in [0.29, 0.717) is 28.5 Å². The Morgan fingerprint density at radius 3 is 2.41 bits per heavy atom. The van der Waals surface area contributed by atoms with Gasteiger partial charge in [0.2, 0.25) is 0 Å². The van der Waals surface area contributed by atoms with Crippen LogP contribution in [0.1, 0.15) is 15.9 Å². The fourth-order valence-electron chi connectivity index (χ4n) is 2.51. The number of ether oxygens (including phenoxy) is 1. The van der Waals surface area contributed by atoms with Crippen LogP contribution in [-0.2, 0) is 6.61 Å². The van der Waals surface area contributed by atoms with E-state index in [9.17, 15) is 9.59 Å². The summed E-state index contributed by atoms with van der Waals surface area (Å²) in [4.78, 5) is 26.9. The van der Waals surface area contributed by atoms with Gasteiger partial charge in [-0.15, -0.1) is 0 Å². The molecule has 0 radical (unpaired) electrons. The molecule has 0 aliphatic heterocycles. The lowest BCUT2D eigenvalue weighted by atomic mass is 10.2. The summed E-state index contributed by atoms with van der Waals surface area (Å²) in [6.45, 7) is 0.429. The highest BCUT2D eigenvalue weighted by Gasteiger charge is 2.14. The Kier molecular flexibility index (Phi) is 6.92. The molecule has 0 saturated carbocycles. The van der Waals surface area contributed by atoms with Crippen molar-refractivity contribution < 1.29 is 14.3 Å². The van der Waals surface area contributed by atoms with E-state index in [1.165, 1.54) is 4.90 Å². The molecule has 0 saturated heterocycles. The van der Waals surface area contributed by atoms with Gasteiger partial charge in [0, 0.05) is 24.6 Å². The van der Waals surface area contributed by atoms with Crippen molar-refractivity contribution in [1.82, 2.24) is 4.90 Å². The maximum Gasteiger partial charge on any atom is 0.286 e. The molecule has 0 fully saturated rings. The van der Waals surface area contributed by atoms with Crippen molar-refractivity contribution in [3.05, 3.63) is 90.0 Å². The Bertz CT molecular complexity index is 990. The van der Waals surface area contributed by atoms with Gasteiger partial charge in [0.05, 0.1) is 5.69 Å². The summed E-state index contributed by atoms with van der Waals surface area (Å²) in [5.41, 5.74) is 2.13. The number of hydrogen-bond donors (Lipinski definition) is 1. The first kappa shape index (κ1) is 20.5. The molecule has 148 valence electrons. The molecule has 0 bridgehead atoms. The largest absolute Gasteiger partial charge is 0.489 e. The second-order valence-corrected chi connectivity index (χ2v) is 7.51. The first-order valence-electron chi connectivity index (χ1n) is 9.09. The van der Waals surface area contributed by atoms with Crippen molar-refractivity contribution in [2.24, 2.45) is 0 Å². The molecule has 3 aromatic rings. The predicted octanol–water partition coefficient (Wildman–Crippen LogP) is 5.29. The van der Waals surface area contributed by atoms with Crippen molar-refractivity contribution in [3.63, 3.8) is 0 Å². The van der Waals surface area contributed by atoms with Gasteiger partial charge >= 0.3 is 0 Å². The van der Waals surface area contributed by atoms with Crippen LogP contribution in [0.5, 0.6) is 5.75 Å². The number of nitrogens with one attached hydrogen (secondary N) is 1. The standard InChI is InChI=1S/C23H22N2O3S/c1-25(2)23(27)29-21-14-7-6-13-20(21)24-22(26)18-11-8-12-19(15-18)28-16-17-9-4-3-5-10-17/h3-15H,16H2,1-2H3,(H,24,26). The zero-order valence-corrected chi connectivity index (χ0v) is 17.1. The van der Waals surface area contributed by atoms with E-state index >= 15 is 0 Å². The Hall–Kier alpha value is -3.25. The number of carbonyl (C=O) groups excluding carboxylic acids is 2. The smallest absolute Gasteiger partial charge is 0.286 e. The van der Waals surface area contributed by atoms with E-state index < -0.39 is 0 Å². The third-order valence-electron chi connectivity index (χ3n) is 4.04. The normalized spacial score (nSPS) is 10.3. The van der Waals surface area contributed by atoms with Gasteiger partial charge in [-0.05, 0) is 47.7 Å². The topological polar surface area (TPSA) is 58.6 Å². The van der Waals surface area contributed by atoms with Gasteiger partial charge in [0.25, 0.3) is 11.1 Å². The van der Waals surface area contributed by atoms with Crippen LogP contribution in [0.25, 0.3) is 0 Å². The number of hydrogen-bond acceptors (Lipinski definition) is 4. The van der Waals surface area contributed by atoms with Crippen molar-refractivity contribution in [1.29, 1.82) is 0 Å². The zero-order valence-electron chi connectivity index (χ0n) is 16.3. The van der Waals surface area contributed by atoms with Gasteiger partial charge in [0.1, 0.15) is 12.4 Å². The summed E-state index contributed by atoms with van der Waals surface area (Å²) in [6, 6.07) is 24.1. The number of para-hydroxylation sites is 1. The molecule has 0 unspecified atom stereocenters. The molecule has 0 aliphatic rings. The number of nitrogens with zero attached hydrogens (tertiary/aromatic N) is 1. The maximum atomic E-state index is 12.7. The lowest BCUT2D eigenvalue weighted by molar-refractivity contribution is 0.102. The number of carbonyl (C=O) groups is 2. The van der Waals surface area contributed by atoms with E-state index in [4.69, 9.17) is 4.74 Å². The second kappa shape index (κ2) is 9.80. The number of benzene rings is 3. The van der Waals surface area contributed by atoms with Crippen LogP contribution in [0.15, 0.2) is 83.8 Å². The van der Waals surface area contributed by atoms with Gasteiger partial charge in [-0.1, -0.05) is 48.5 Å². The summed E-state index contributed by atoms with van der Waals surface area (Å²) >= 11 is 1.07. The first-order valence-corrected chi connectivity index (χ1v) is 9.91. The van der Waals surface area contributed by atoms with E-state index in [2.05, 4.69) is 5.32 Å². The molecule has 0 heterocycles.